The molecule has 1 aliphatic heterocycles. The van der Waals surface area contributed by atoms with Crippen LogP contribution < -0.4 is 9.47 Å². The van der Waals surface area contributed by atoms with Crippen molar-refractivity contribution >= 4 is 40.3 Å². The van der Waals surface area contributed by atoms with Crippen LogP contribution in [0.3, 0.4) is 0 Å². The summed E-state index contributed by atoms with van der Waals surface area (Å²) >= 11 is 6.57. The van der Waals surface area contributed by atoms with Gasteiger partial charge >= 0.3 is 0 Å². The molecule has 1 amide bonds. The predicted octanol–water partition coefficient (Wildman–Crippen LogP) is 5.48. The van der Waals surface area contributed by atoms with Crippen LogP contribution >= 0.6 is 24.0 Å². The number of thioether (sulfide) groups is 1. The van der Waals surface area contributed by atoms with Gasteiger partial charge in [-0.25, -0.2) is 0 Å². The number of amides is 1. The second-order valence-corrected chi connectivity index (χ2v) is 8.37. The van der Waals surface area contributed by atoms with Crippen molar-refractivity contribution in [2.45, 2.75) is 19.8 Å². The van der Waals surface area contributed by atoms with E-state index in [9.17, 15) is 4.79 Å². The fourth-order valence-corrected chi connectivity index (χ4v) is 4.13. The molecule has 0 unspecified atom stereocenters. The topological polar surface area (TPSA) is 38.8 Å². The first-order valence-corrected chi connectivity index (χ1v) is 11.1. The zero-order valence-corrected chi connectivity index (χ0v) is 18.6. The van der Waals surface area contributed by atoms with E-state index in [4.69, 9.17) is 21.7 Å². The molecule has 2 aromatic carbocycles. The summed E-state index contributed by atoms with van der Waals surface area (Å²) in [6.45, 7) is 7.42. The molecule has 6 heteroatoms. The normalized spacial score (nSPS) is 15.0. The van der Waals surface area contributed by atoms with Crippen LogP contribution in [-0.4, -0.2) is 34.9 Å². The van der Waals surface area contributed by atoms with Gasteiger partial charge in [-0.05, 0) is 47.9 Å². The third-order valence-electron chi connectivity index (χ3n) is 4.52. The molecular formula is C24H25NO3S2. The SMILES string of the molecule is C=CCN1C(=O)/C(=C\c2ccc(OCCCOc3ccc(CC)cc3)cc2)SC1=S. The molecule has 30 heavy (non-hydrogen) atoms. The van der Waals surface area contributed by atoms with E-state index in [1.807, 2.05) is 42.5 Å². The number of hydrogen-bond acceptors (Lipinski definition) is 5. The van der Waals surface area contributed by atoms with E-state index < -0.39 is 0 Å². The Bertz CT molecular complexity index is 920. The Morgan fingerprint density at radius 3 is 2.20 bits per heavy atom. The van der Waals surface area contributed by atoms with E-state index >= 15 is 0 Å². The average Bonchev–Trinajstić information content (AvgIpc) is 3.03. The lowest BCUT2D eigenvalue weighted by atomic mass is 10.2. The molecule has 0 aliphatic carbocycles. The lowest BCUT2D eigenvalue weighted by molar-refractivity contribution is -0.121. The summed E-state index contributed by atoms with van der Waals surface area (Å²) < 4.78 is 12.1. The largest absolute Gasteiger partial charge is 0.493 e. The molecule has 1 saturated heterocycles. The molecule has 2 aromatic rings. The lowest BCUT2D eigenvalue weighted by Crippen LogP contribution is -2.27. The molecule has 0 N–H and O–H groups in total. The Hall–Kier alpha value is -2.57. The summed E-state index contributed by atoms with van der Waals surface area (Å²) in [4.78, 5) is 14.6. The highest BCUT2D eigenvalue weighted by atomic mass is 32.2. The first-order chi connectivity index (χ1) is 14.6. The fraction of sp³-hybridized carbons (Fsp3) is 0.250. The molecular weight excluding hydrogens is 414 g/mol. The monoisotopic (exact) mass is 439 g/mol. The van der Waals surface area contributed by atoms with E-state index in [-0.39, 0.29) is 5.91 Å². The van der Waals surface area contributed by atoms with Gasteiger partial charge in [-0.3, -0.25) is 9.69 Å². The zero-order chi connectivity index (χ0) is 21.3. The quantitative estimate of drug-likeness (QED) is 0.212. The lowest BCUT2D eigenvalue weighted by Gasteiger charge is -2.10. The van der Waals surface area contributed by atoms with Gasteiger partial charge in [0.05, 0.1) is 18.1 Å². The highest BCUT2D eigenvalue weighted by Crippen LogP contribution is 2.32. The van der Waals surface area contributed by atoms with Gasteiger partial charge < -0.3 is 9.47 Å². The zero-order valence-electron chi connectivity index (χ0n) is 17.0. The number of carbonyl (C=O) groups excluding carboxylic acids is 1. The van der Waals surface area contributed by atoms with Crippen LogP contribution in [0.2, 0.25) is 0 Å². The summed E-state index contributed by atoms with van der Waals surface area (Å²) in [5, 5.41) is 0. The second kappa shape index (κ2) is 11.0. The minimum atomic E-state index is -0.0745. The Kier molecular flexibility index (Phi) is 8.11. The smallest absolute Gasteiger partial charge is 0.266 e. The molecule has 1 fully saturated rings. The van der Waals surface area contributed by atoms with Crippen molar-refractivity contribution in [3.05, 3.63) is 77.2 Å². The van der Waals surface area contributed by atoms with E-state index in [1.165, 1.54) is 17.3 Å². The summed E-state index contributed by atoms with van der Waals surface area (Å²) in [6, 6.07) is 15.9. The average molecular weight is 440 g/mol. The number of nitrogens with zero attached hydrogens (tertiary/aromatic N) is 1. The minimum Gasteiger partial charge on any atom is -0.493 e. The molecule has 156 valence electrons. The molecule has 1 aliphatic rings. The van der Waals surface area contributed by atoms with Crippen molar-refractivity contribution in [1.29, 1.82) is 0 Å². The molecule has 0 radical (unpaired) electrons. The van der Waals surface area contributed by atoms with Crippen LogP contribution in [0.25, 0.3) is 6.08 Å². The van der Waals surface area contributed by atoms with Crippen LogP contribution in [0.5, 0.6) is 11.5 Å². The number of ether oxygens (including phenoxy) is 2. The van der Waals surface area contributed by atoms with Crippen LogP contribution in [0.4, 0.5) is 0 Å². The summed E-state index contributed by atoms with van der Waals surface area (Å²) in [6.07, 6.45) is 5.35. The van der Waals surface area contributed by atoms with Crippen LogP contribution in [-0.2, 0) is 11.2 Å². The molecule has 0 atom stereocenters. The minimum absolute atomic E-state index is 0.0745. The van der Waals surface area contributed by atoms with Crippen LogP contribution in [0, 0.1) is 0 Å². The Balaban J connectivity index is 1.44. The van der Waals surface area contributed by atoms with Gasteiger partial charge in [-0.2, -0.15) is 0 Å². The highest BCUT2D eigenvalue weighted by Gasteiger charge is 2.30. The van der Waals surface area contributed by atoms with Gasteiger partial charge in [0.15, 0.2) is 0 Å². The standard InChI is InChI=1S/C24H25NO3S2/c1-3-14-25-23(26)22(30-24(25)29)17-19-8-12-21(13-9-19)28-16-5-15-27-20-10-6-18(4-2)7-11-20/h3,6-13,17H,1,4-5,14-16H2,2H3/b22-17+. The van der Waals surface area contributed by atoms with Crippen molar-refractivity contribution < 1.29 is 14.3 Å². The Morgan fingerprint density at radius 1 is 1.03 bits per heavy atom. The first-order valence-electron chi connectivity index (χ1n) is 9.91. The molecule has 0 spiro atoms. The van der Waals surface area contributed by atoms with Crippen molar-refractivity contribution in [3.63, 3.8) is 0 Å². The molecule has 0 bridgehead atoms. The maximum atomic E-state index is 12.4. The number of benzene rings is 2. The highest BCUT2D eigenvalue weighted by molar-refractivity contribution is 8.26. The third-order valence-corrected chi connectivity index (χ3v) is 5.90. The predicted molar refractivity (Wildman–Crippen MR) is 128 cm³/mol. The molecule has 0 aromatic heterocycles. The van der Waals surface area contributed by atoms with Crippen molar-refractivity contribution in [2.75, 3.05) is 19.8 Å². The van der Waals surface area contributed by atoms with Gasteiger partial charge in [0, 0.05) is 13.0 Å². The summed E-state index contributed by atoms with van der Waals surface area (Å²) in [5.41, 5.74) is 2.23. The van der Waals surface area contributed by atoms with Crippen molar-refractivity contribution in [2.24, 2.45) is 0 Å². The van der Waals surface area contributed by atoms with Crippen LogP contribution in [0.15, 0.2) is 66.1 Å². The molecule has 1 heterocycles. The molecule has 0 saturated carbocycles. The van der Waals surface area contributed by atoms with Crippen LogP contribution in [0.1, 0.15) is 24.5 Å². The Morgan fingerprint density at radius 2 is 1.63 bits per heavy atom. The van der Waals surface area contributed by atoms with Gasteiger partial charge in [0.1, 0.15) is 15.8 Å². The van der Waals surface area contributed by atoms with E-state index in [0.717, 1.165) is 29.9 Å². The molecule has 3 rings (SSSR count). The number of aryl methyl sites for hydroxylation is 1. The van der Waals surface area contributed by atoms with Gasteiger partial charge in [-0.1, -0.05) is 61.2 Å². The number of hydrogen-bond donors (Lipinski definition) is 0. The number of rotatable bonds is 10. The fourth-order valence-electron chi connectivity index (χ4n) is 2.86. The van der Waals surface area contributed by atoms with Crippen molar-refractivity contribution in [1.82, 2.24) is 4.90 Å². The summed E-state index contributed by atoms with van der Waals surface area (Å²) in [7, 11) is 0. The van der Waals surface area contributed by atoms with Crippen molar-refractivity contribution in [3.8, 4) is 11.5 Å². The second-order valence-electron chi connectivity index (χ2n) is 6.70. The van der Waals surface area contributed by atoms with Gasteiger partial charge in [0.2, 0.25) is 0 Å². The number of thiocarbonyl (C=S) groups is 1. The maximum Gasteiger partial charge on any atom is 0.266 e. The first kappa shape index (κ1) is 22.1. The van der Waals surface area contributed by atoms with Gasteiger partial charge in [-0.15, -0.1) is 6.58 Å². The number of carbonyl (C=O) groups is 1. The molecule has 4 nitrogen and oxygen atoms in total. The Labute approximate surface area is 187 Å². The van der Waals surface area contributed by atoms with E-state index in [0.29, 0.717) is 29.0 Å². The maximum absolute atomic E-state index is 12.4. The third kappa shape index (κ3) is 5.97. The van der Waals surface area contributed by atoms with E-state index in [2.05, 4.69) is 25.6 Å². The van der Waals surface area contributed by atoms with Gasteiger partial charge in [0.25, 0.3) is 5.91 Å². The summed E-state index contributed by atoms with van der Waals surface area (Å²) in [5.74, 6) is 1.60. The van der Waals surface area contributed by atoms with E-state index in [1.54, 1.807) is 11.0 Å².